The molecule has 0 bridgehead atoms. The summed E-state index contributed by atoms with van der Waals surface area (Å²) < 4.78 is 10.5. The number of hydrogen-bond donors (Lipinski definition) is 3. The smallest absolute Gasteiger partial charge is 0.172 e. The van der Waals surface area contributed by atoms with E-state index in [9.17, 15) is 15.3 Å². The molecule has 3 rings (SSSR count). The minimum Gasteiger partial charge on any atom is -0.507 e. The number of aromatic hydroxyl groups is 3. The number of phenols is 3. The minimum absolute atomic E-state index is 0.0844. The summed E-state index contributed by atoms with van der Waals surface area (Å²) in [5.41, 5.74) is 0. The van der Waals surface area contributed by atoms with Crippen LogP contribution in [0, 0.1) is 0 Å². The molecule has 2 aromatic heterocycles. The van der Waals surface area contributed by atoms with Crippen molar-refractivity contribution in [1.82, 2.24) is 0 Å². The van der Waals surface area contributed by atoms with Crippen LogP contribution >= 0.6 is 23.5 Å². The summed E-state index contributed by atoms with van der Waals surface area (Å²) in [6, 6.07) is 8.36. The number of hydrogen-bond acceptors (Lipinski definition) is 7. The molecular weight excluding hydrogens is 336 g/mol. The van der Waals surface area contributed by atoms with E-state index in [1.54, 1.807) is 24.7 Å². The Hall–Kier alpha value is -2.12. The van der Waals surface area contributed by atoms with Crippen molar-refractivity contribution in [2.75, 3.05) is 0 Å². The first kappa shape index (κ1) is 15.8. The van der Waals surface area contributed by atoms with Gasteiger partial charge in [-0.05, 0) is 24.3 Å². The van der Waals surface area contributed by atoms with Gasteiger partial charge in [0.1, 0.15) is 17.3 Å². The molecule has 7 heteroatoms. The number of phenolic OH excluding ortho intramolecular Hbond substituents is 3. The van der Waals surface area contributed by atoms with Crippen molar-refractivity contribution >= 4 is 23.5 Å². The highest BCUT2D eigenvalue weighted by molar-refractivity contribution is 8.01. The summed E-state index contributed by atoms with van der Waals surface area (Å²) in [7, 11) is 0. The normalized spacial score (nSPS) is 11.0. The highest BCUT2D eigenvalue weighted by Crippen LogP contribution is 2.49. The maximum absolute atomic E-state index is 10.1. The third-order valence-electron chi connectivity index (χ3n) is 3.05. The second kappa shape index (κ2) is 6.97. The number of furan rings is 2. The van der Waals surface area contributed by atoms with Gasteiger partial charge in [-0.15, -0.1) is 23.5 Å². The molecule has 0 fully saturated rings. The van der Waals surface area contributed by atoms with Crippen LogP contribution in [-0.4, -0.2) is 15.3 Å². The fourth-order valence-electron chi connectivity index (χ4n) is 1.95. The Bertz CT molecular complexity index is 766. The number of rotatable bonds is 6. The monoisotopic (exact) mass is 350 g/mol. The van der Waals surface area contributed by atoms with Crippen molar-refractivity contribution in [3.8, 4) is 17.2 Å². The summed E-state index contributed by atoms with van der Waals surface area (Å²) in [6.07, 6.45) is 3.15. The molecule has 3 N–H and O–H groups in total. The average Bonchev–Trinajstić information content (AvgIpc) is 3.21. The van der Waals surface area contributed by atoms with Gasteiger partial charge < -0.3 is 24.2 Å². The van der Waals surface area contributed by atoms with Gasteiger partial charge >= 0.3 is 0 Å². The SMILES string of the molecule is Oc1cc(O)c(SCc2ccco2)c(SCc2ccco2)c1O. The van der Waals surface area contributed by atoms with Gasteiger partial charge in [-0.3, -0.25) is 0 Å². The van der Waals surface area contributed by atoms with E-state index in [0.717, 1.165) is 17.6 Å². The third kappa shape index (κ3) is 3.62. The Kier molecular flexibility index (Phi) is 4.78. The van der Waals surface area contributed by atoms with Crippen LogP contribution < -0.4 is 0 Å². The zero-order chi connectivity index (χ0) is 16.2. The van der Waals surface area contributed by atoms with E-state index >= 15 is 0 Å². The average molecular weight is 350 g/mol. The van der Waals surface area contributed by atoms with Gasteiger partial charge in [0.05, 0.1) is 33.8 Å². The Balaban J connectivity index is 1.84. The summed E-state index contributed by atoms with van der Waals surface area (Å²) in [4.78, 5) is 0.906. The van der Waals surface area contributed by atoms with E-state index in [-0.39, 0.29) is 17.2 Å². The molecule has 0 unspecified atom stereocenters. The molecule has 0 spiro atoms. The van der Waals surface area contributed by atoms with E-state index in [4.69, 9.17) is 8.83 Å². The van der Waals surface area contributed by atoms with Crippen molar-refractivity contribution in [2.45, 2.75) is 21.3 Å². The van der Waals surface area contributed by atoms with Crippen LogP contribution in [0.1, 0.15) is 11.5 Å². The lowest BCUT2D eigenvalue weighted by molar-refractivity contribution is 0.380. The van der Waals surface area contributed by atoms with Crippen molar-refractivity contribution in [3.63, 3.8) is 0 Å². The first-order chi connectivity index (χ1) is 11.1. The molecule has 0 saturated carbocycles. The molecule has 0 atom stereocenters. The number of thioether (sulfide) groups is 2. The van der Waals surface area contributed by atoms with Crippen LogP contribution in [0.3, 0.4) is 0 Å². The first-order valence-electron chi connectivity index (χ1n) is 6.73. The quantitative estimate of drug-likeness (QED) is 0.341. The van der Waals surface area contributed by atoms with Crippen LogP contribution in [-0.2, 0) is 11.5 Å². The van der Waals surface area contributed by atoms with Crippen LogP contribution in [0.15, 0.2) is 61.5 Å². The Morgan fingerprint density at radius 2 is 1.35 bits per heavy atom. The highest BCUT2D eigenvalue weighted by Gasteiger charge is 2.19. The first-order valence-corrected chi connectivity index (χ1v) is 8.70. The van der Waals surface area contributed by atoms with E-state index in [1.165, 1.54) is 23.5 Å². The molecule has 0 amide bonds. The van der Waals surface area contributed by atoms with Gasteiger partial charge in [-0.25, -0.2) is 0 Å². The van der Waals surface area contributed by atoms with Crippen molar-refractivity contribution in [1.29, 1.82) is 0 Å². The van der Waals surface area contributed by atoms with Gasteiger partial charge in [0, 0.05) is 6.07 Å². The molecule has 120 valence electrons. The van der Waals surface area contributed by atoms with Gasteiger partial charge in [0.2, 0.25) is 0 Å². The Morgan fingerprint density at radius 1 is 0.783 bits per heavy atom. The summed E-state index contributed by atoms with van der Waals surface area (Å²) in [6.45, 7) is 0. The van der Waals surface area contributed by atoms with Crippen LogP contribution in [0.2, 0.25) is 0 Å². The lowest BCUT2D eigenvalue weighted by atomic mass is 10.3. The van der Waals surface area contributed by atoms with Crippen LogP contribution in [0.4, 0.5) is 0 Å². The van der Waals surface area contributed by atoms with E-state index < -0.39 is 0 Å². The fourth-order valence-corrected chi connectivity index (χ4v) is 4.12. The van der Waals surface area contributed by atoms with Crippen LogP contribution in [0.5, 0.6) is 17.2 Å². The van der Waals surface area contributed by atoms with Gasteiger partial charge in [-0.2, -0.15) is 0 Å². The standard InChI is InChI=1S/C16H14O5S2/c17-12-7-13(18)15(22-8-10-3-1-5-20-10)16(14(12)19)23-9-11-4-2-6-21-11/h1-7,17-19H,8-9H2. The maximum atomic E-state index is 10.1. The topological polar surface area (TPSA) is 87.0 Å². The molecule has 5 nitrogen and oxygen atoms in total. The molecule has 0 aliphatic heterocycles. The molecule has 0 aliphatic carbocycles. The summed E-state index contributed by atoms with van der Waals surface area (Å²) in [5.74, 6) is 1.77. The van der Waals surface area contributed by atoms with Crippen molar-refractivity contribution in [3.05, 3.63) is 54.4 Å². The lowest BCUT2D eigenvalue weighted by Crippen LogP contribution is -1.86. The predicted molar refractivity (Wildman–Crippen MR) is 88.0 cm³/mol. The van der Waals surface area contributed by atoms with E-state index in [0.29, 0.717) is 21.3 Å². The molecule has 3 aromatic rings. The molecule has 0 aliphatic rings. The molecule has 0 saturated heterocycles. The molecule has 1 aromatic carbocycles. The lowest BCUT2D eigenvalue weighted by Gasteiger charge is -2.13. The Labute approximate surface area is 140 Å². The maximum Gasteiger partial charge on any atom is 0.172 e. The van der Waals surface area contributed by atoms with E-state index in [1.807, 2.05) is 12.1 Å². The minimum atomic E-state index is -0.355. The predicted octanol–water partition coefficient (Wildman–Crippen LogP) is 4.57. The van der Waals surface area contributed by atoms with Crippen molar-refractivity contribution < 1.29 is 24.2 Å². The number of benzene rings is 1. The fraction of sp³-hybridized carbons (Fsp3) is 0.125. The molecule has 23 heavy (non-hydrogen) atoms. The van der Waals surface area contributed by atoms with Gasteiger partial charge in [-0.1, -0.05) is 0 Å². The molecule has 2 heterocycles. The summed E-state index contributed by atoms with van der Waals surface area (Å²) >= 11 is 2.61. The molecular formula is C16H14O5S2. The Morgan fingerprint density at radius 3 is 1.87 bits per heavy atom. The zero-order valence-corrected chi connectivity index (χ0v) is 13.6. The highest BCUT2D eigenvalue weighted by atomic mass is 32.2. The zero-order valence-electron chi connectivity index (χ0n) is 11.9. The van der Waals surface area contributed by atoms with E-state index in [2.05, 4.69) is 0 Å². The largest absolute Gasteiger partial charge is 0.507 e. The third-order valence-corrected chi connectivity index (χ3v) is 5.42. The second-order valence-electron chi connectivity index (χ2n) is 4.66. The second-order valence-corrected chi connectivity index (χ2v) is 6.63. The molecule has 0 radical (unpaired) electrons. The van der Waals surface area contributed by atoms with Crippen molar-refractivity contribution in [2.24, 2.45) is 0 Å². The summed E-state index contributed by atoms with van der Waals surface area (Å²) in [5, 5.41) is 30.0. The van der Waals surface area contributed by atoms with Gasteiger partial charge in [0.15, 0.2) is 11.5 Å². The van der Waals surface area contributed by atoms with Crippen LogP contribution in [0.25, 0.3) is 0 Å². The van der Waals surface area contributed by atoms with Gasteiger partial charge in [0.25, 0.3) is 0 Å².